The van der Waals surface area contributed by atoms with Gasteiger partial charge in [0.1, 0.15) is 35.6 Å². The van der Waals surface area contributed by atoms with Crippen molar-refractivity contribution in [3.63, 3.8) is 0 Å². The zero-order chi connectivity index (χ0) is 23.4. The van der Waals surface area contributed by atoms with E-state index in [1.54, 1.807) is 0 Å². The lowest BCUT2D eigenvalue weighted by molar-refractivity contribution is -0.274. The molecular formula is C18H19F3O9S. The summed E-state index contributed by atoms with van der Waals surface area (Å²) in [4.78, 5) is -0.453. The summed E-state index contributed by atoms with van der Waals surface area (Å²) in [6.07, 6.45) is -11.1. The fourth-order valence-electron chi connectivity index (χ4n) is 2.37. The van der Waals surface area contributed by atoms with Gasteiger partial charge in [0, 0.05) is 0 Å². The lowest BCUT2D eigenvalue weighted by atomic mass is 10.1. The molecule has 0 heterocycles. The Labute approximate surface area is 174 Å². The molecule has 31 heavy (non-hydrogen) atoms. The van der Waals surface area contributed by atoms with E-state index in [0.717, 1.165) is 24.3 Å². The van der Waals surface area contributed by atoms with Gasteiger partial charge in [-0.25, -0.2) is 8.42 Å². The van der Waals surface area contributed by atoms with Gasteiger partial charge in [0.2, 0.25) is 9.84 Å². The average Bonchev–Trinajstić information content (AvgIpc) is 2.72. The van der Waals surface area contributed by atoms with Crippen molar-refractivity contribution in [3.8, 4) is 17.2 Å². The number of alkyl halides is 3. The van der Waals surface area contributed by atoms with E-state index >= 15 is 0 Å². The maximum Gasteiger partial charge on any atom is 0.573 e. The van der Waals surface area contributed by atoms with Gasteiger partial charge in [-0.1, -0.05) is 0 Å². The third kappa shape index (κ3) is 6.53. The summed E-state index contributed by atoms with van der Waals surface area (Å²) >= 11 is 0. The molecule has 0 aliphatic rings. The van der Waals surface area contributed by atoms with Crippen molar-refractivity contribution >= 4 is 9.84 Å². The second kappa shape index (κ2) is 9.80. The zero-order valence-electron chi connectivity index (χ0n) is 15.5. The molecule has 0 fully saturated rings. The fourth-order valence-corrected chi connectivity index (χ4v) is 3.69. The smallest absolute Gasteiger partial charge is 0.457 e. The van der Waals surface area contributed by atoms with Crippen molar-refractivity contribution in [1.29, 1.82) is 0 Å². The standard InChI is InChI=1S/C18H19F3O9S/c19-18(20,21)30-12-3-1-10(2-4-12)29-11-5-7-13(8-6-11)31(27,28)17(26)16(25)15(24)14(23)9-22/h1-8,14-17,22-26H,9H2/t14-,15+,16-,17?/m1/s1. The van der Waals surface area contributed by atoms with Crippen LogP contribution in [0.25, 0.3) is 0 Å². The number of rotatable bonds is 9. The fraction of sp³-hybridized carbons (Fsp3) is 0.333. The number of benzene rings is 2. The van der Waals surface area contributed by atoms with Crippen LogP contribution in [0.3, 0.4) is 0 Å². The molecule has 1 unspecified atom stereocenters. The summed E-state index contributed by atoms with van der Waals surface area (Å²) in [6.45, 7) is -0.972. The number of hydrogen-bond donors (Lipinski definition) is 5. The summed E-state index contributed by atoms with van der Waals surface area (Å²) in [5.74, 6) is -0.224. The average molecular weight is 468 g/mol. The van der Waals surface area contributed by atoms with Gasteiger partial charge in [0.05, 0.1) is 11.5 Å². The highest BCUT2D eigenvalue weighted by Gasteiger charge is 2.38. The molecule has 9 nitrogen and oxygen atoms in total. The minimum Gasteiger partial charge on any atom is -0.457 e. The summed E-state index contributed by atoms with van der Waals surface area (Å²) in [6, 6.07) is 8.85. The first-order valence-electron chi connectivity index (χ1n) is 8.56. The van der Waals surface area contributed by atoms with Crippen molar-refractivity contribution in [2.75, 3.05) is 6.61 Å². The Balaban J connectivity index is 2.10. The van der Waals surface area contributed by atoms with Crippen LogP contribution in [-0.4, -0.2) is 70.7 Å². The lowest BCUT2D eigenvalue weighted by Gasteiger charge is -2.25. The van der Waals surface area contributed by atoms with Gasteiger partial charge >= 0.3 is 6.36 Å². The van der Waals surface area contributed by atoms with E-state index in [2.05, 4.69) is 4.74 Å². The minimum atomic E-state index is -4.84. The van der Waals surface area contributed by atoms with Crippen LogP contribution in [0.4, 0.5) is 13.2 Å². The molecule has 0 saturated heterocycles. The Hall–Kier alpha value is -2.42. The summed E-state index contributed by atoms with van der Waals surface area (Å²) in [5, 5.41) is 47.3. The van der Waals surface area contributed by atoms with E-state index in [1.807, 2.05) is 0 Å². The number of aliphatic hydroxyl groups is 5. The monoisotopic (exact) mass is 468 g/mol. The molecule has 4 atom stereocenters. The van der Waals surface area contributed by atoms with Crippen LogP contribution in [0, 0.1) is 0 Å². The number of ether oxygens (including phenoxy) is 2. The van der Waals surface area contributed by atoms with Gasteiger partial charge in [-0.15, -0.1) is 13.2 Å². The molecule has 0 spiro atoms. The van der Waals surface area contributed by atoms with E-state index in [-0.39, 0.29) is 11.5 Å². The first kappa shape index (κ1) is 24.8. The second-order valence-electron chi connectivity index (χ2n) is 6.26. The normalized spacial score (nSPS) is 16.3. The van der Waals surface area contributed by atoms with Crippen molar-refractivity contribution in [2.24, 2.45) is 0 Å². The van der Waals surface area contributed by atoms with E-state index in [4.69, 9.17) is 9.84 Å². The molecule has 0 saturated carbocycles. The maximum atomic E-state index is 12.4. The summed E-state index contributed by atoms with van der Waals surface area (Å²) in [5.41, 5.74) is -2.50. The molecule has 172 valence electrons. The molecule has 0 radical (unpaired) electrons. The largest absolute Gasteiger partial charge is 0.573 e. The first-order valence-corrected chi connectivity index (χ1v) is 10.1. The Morgan fingerprint density at radius 2 is 1.26 bits per heavy atom. The molecule has 0 bridgehead atoms. The maximum absolute atomic E-state index is 12.4. The number of halogens is 3. The SMILES string of the molecule is O=S(=O)(c1ccc(Oc2ccc(OC(F)(F)F)cc2)cc1)C(O)[C@H](O)[C@@H](O)[C@H](O)CO. The van der Waals surface area contributed by atoms with Gasteiger partial charge in [-0.2, -0.15) is 0 Å². The third-order valence-electron chi connectivity index (χ3n) is 3.99. The highest BCUT2D eigenvalue weighted by atomic mass is 32.2. The first-order chi connectivity index (χ1) is 14.3. The third-order valence-corrected chi connectivity index (χ3v) is 5.83. The van der Waals surface area contributed by atoms with Crippen LogP contribution in [0.2, 0.25) is 0 Å². The number of aliphatic hydroxyl groups excluding tert-OH is 5. The Morgan fingerprint density at radius 3 is 1.71 bits per heavy atom. The topological polar surface area (TPSA) is 154 Å². The molecule has 2 aromatic carbocycles. The van der Waals surface area contributed by atoms with Crippen LogP contribution in [0.15, 0.2) is 53.4 Å². The number of hydrogen-bond acceptors (Lipinski definition) is 9. The van der Waals surface area contributed by atoms with Crippen LogP contribution in [0.1, 0.15) is 0 Å². The number of sulfone groups is 1. The van der Waals surface area contributed by atoms with Gasteiger partial charge in [-0.05, 0) is 48.5 Å². The Bertz CT molecular complexity index is 947. The van der Waals surface area contributed by atoms with Gasteiger partial charge in [0.15, 0.2) is 5.44 Å². The predicted molar refractivity (Wildman–Crippen MR) is 97.9 cm³/mol. The van der Waals surface area contributed by atoms with E-state index < -0.39 is 57.2 Å². The van der Waals surface area contributed by atoms with Crippen molar-refractivity contribution in [3.05, 3.63) is 48.5 Å². The predicted octanol–water partition coefficient (Wildman–Crippen LogP) is 0.545. The molecule has 2 aromatic rings. The van der Waals surface area contributed by atoms with Crippen LogP contribution in [-0.2, 0) is 9.84 Å². The summed E-state index contributed by atoms with van der Waals surface area (Å²) < 4.78 is 70.4. The molecular weight excluding hydrogens is 449 g/mol. The van der Waals surface area contributed by atoms with Gasteiger partial charge in [-0.3, -0.25) is 0 Å². The second-order valence-corrected chi connectivity index (χ2v) is 8.30. The quantitative estimate of drug-likeness (QED) is 0.355. The van der Waals surface area contributed by atoms with E-state index in [9.17, 15) is 42.0 Å². The van der Waals surface area contributed by atoms with E-state index in [0.29, 0.717) is 0 Å². The van der Waals surface area contributed by atoms with Crippen LogP contribution < -0.4 is 9.47 Å². The molecule has 0 aliphatic carbocycles. The lowest BCUT2D eigenvalue weighted by Crippen LogP contribution is -2.48. The molecule has 0 aromatic heterocycles. The van der Waals surface area contributed by atoms with Gasteiger partial charge in [0.25, 0.3) is 0 Å². The van der Waals surface area contributed by atoms with Crippen molar-refractivity contribution in [1.82, 2.24) is 0 Å². The Morgan fingerprint density at radius 1 is 0.806 bits per heavy atom. The van der Waals surface area contributed by atoms with E-state index in [1.165, 1.54) is 24.3 Å². The zero-order valence-corrected chi connectivity index (χ0v) is 16.4. The highest BCUT2D eigenvalue weighted by Crippen LogP contribution is 2.28. The highest BCUT2D eigenvalue weighted by molar-refractivity contribution is 7.92. The van der Waals surface area contributed by atoms with Crippen LogP contribution in [0.5, 0.6) is 17.2 Å². The van der Waals surface area contributed by atoms with Crippen molar-refractivity contribution in [2.45, 2.75) is 35.0 Å². The Kier molecular flexibility index (Phi) is 7.86. The molecule has 2 rings (SSSR count). The molecule has 5 N–H and O–H groups in total. The molecule has 0 amide bonds. The van der Waals surface area contributed by atoms with Gasteiger partial charge < -0.3 is 35.0 Å². The van der Waals surface area contributed by atoms with Crippen LogP contribution >= 0.6 is 0 Å². The molecule has 13 heteroatoms. The summed E-state index contributed by atoms with van der Waals surface area (Å²) in [7, 11) is -4.56. The van der Waals surface area contributed by atoms with Crippen molar-refractivity contribution < 1.29 is 56.6 Å². The molecule has 0 aliphatic heterocycles. The minimum absolute atomic E-state index is 0.106.